The molecule has 0 heterocycles. The van der Waals surface area contributed by atoms with E-state index in [1.165, 1.54) is 12.1 Å². The molecule has 2 unspecified atom stereocenters. The maximum absolute atomic E-state index is 13.3. The highest BCUT2D eigenvalue weighted by atomic mass is 19.1. The molecule has 0 aromatic heterocycles. The lowest BCUT2D eigenvalue weighted by Crippen LogP contribution is -2.26. The molecule has 1 aromatic rings. The van der Waals surface area contributed by atoms with Gasteiger partial charge in [-0.15, -0.1) is 0 Å². The maximum atomic E-state index is 13.3. The van der Waals surface area contributed by atoms with Crippen LogP contribution < -0.4 is 5.73 Å². The zero-order valence-corrected chi connectivity index (χ0v) is 8.30. The van der Waals surface area contributed by atoms with E-state index < -0.39 is 36.1 Å². The first-order valence-corrected chi connectivity index (χ1v) is 4.55. The Balaban J connectivity index is 2.91. The quantitative estimate of drug-likeness (QED) is 0.574. The Morgan fingerprint density at radius 3 is 2.62 bits per heavy atom. The fraction of sp³-hybridized carbons (Fsp3) is 0.300. The molecule has 1 aromatic carbocycles. The van der Waals surface area contributed by atoms with Gasteiger partial charge in [0.15, 0.2) is 11.6 Å². The van der Waals surface area contributed by atoms with Crippen molar-refractivity contribution in [2.45, 2.75) is 18.6 Å². The highest BCUT2D eigenvalue weighted by molar-refractivity contribution is 5.74. The topological polar surface area (TPSA) is 104 Å². The number of amides is 1. The van der Waals surface area contributed by atoms with Crippen molar-refractivity contribution in [3.63, 3.8) is 0 Å². The zero-order valence-electron chi connectivity index (χ0n) is 8.30. The van der Waals surface area contributed by atoms with Crippen molar-refractivity contribution in [3.05, 3.63) is 29.6 Å². The first kappa shape index (κ1) is 12.4. The summed E-state index contributed by atoms with van der Waals surface area (Å²) in [5.74, 6) is -2.48. The van der Waals surface area contributed by atoms with Crippen LogP contribution in [0.15, 0.2) is 18.2 Å². The molecule has 16 heavy (non-hydrogen) atoms. The van der Waals surface area contributed by atoms with Gasteiger partial charge in [-0.2, -0.15) is 0 Å². The van der Waals surface area contributed by atoms with Crippen LogP contribution in [0.4, 0.5) is 4.39 Å². The summed E-state index contributed by atoms with van der Waals surface area (Å²) in [5.41, 5.74) is 4.54. The van der Waals surface area contributed by atoms with E-state index in [-0.39, 0.29) is 5.56 Å². The van der Waals surface area contributed by atoms with Gasteiger partial charge in [-0.3, -0.25) is 4.79 Å². The first-order chi connectivity index (χ1) is 7.43. The molecule has 2 atom stereocenters. The largest absolute Gasteiger partial charge is 0.505 e. The molecule has 0 fully saturated rings. The number of aliphatic hydroxyl groups excluding tert-OH is 2. The Labute approximate surface area is 90.9 Å². The van der Waals surface area contributed by atoms with Gasteiger partial charge in [-0.05, 0) is 6.07 Å². The van der Waals surface area contributed by atoms with Crippen molar-refractivity contribution in [2.24, 2.45) is 5.73 Å². The van der Waals surface area contributed by atoms with Crippen molar-refractivity contribution < 1.29 is 24.5 Å². The molecular formula is C10H12FNO4. The Kier molecular flexibility index (Phi) is 3.81. The van der Waals surface area contributed by atoms with Gasteiger partial charge in [0.1, 0.15) is 6.10 Å². The van der Waals surface area contributed by atoms with Gasteiger partial charge in [0, 0.05) is 5.56 Å². The summed E-state index contributed by atoms with van der Waals surface area (Å²) in [7, 11) is 0. The molecule has 0 spiro atoms. The van der Waals surface area contributed by atoms with Gasteiger partial charge < -0.3 is 21.1 Å². The summed E-state index contributed by atoms with van der Waals surface area (Å²) in [6.07, 6.45) is -3.61. The fourth-order valence-electron chi connectivity index (χ4n) is 1.29. The molecule has 6 heteroatoms. The van der Waals surface area contributed by atoms with E-state index in [4.69, 9.17) is 10.8 Å². The molecule has 0 saturated carbocycles. The number of primary amides is 1. The number of phenolic OH excluding ortho intramolecular Hbond substituents is 1. The third kappa shape index (κ3) is 2.68. The van der Waals surface area contributed by atoms with Gasteiger partial charge in [0.05, 0.1) is 12.5 Å². The summed E-state index contributed by atoms with van der Waals surface area (Å²) in [6, 6.07) is 3.61. The molecule has 0 aliphatic rings. The average Bonchev–Trinajstić information content (AvgIpc) is 2.20. The van der Waals surface area contributed by atoms with Gasteiger partial charge in [0.25, 0.3) is 0 Å². The van der Waals surface area contributed by atoms with Crippen molar-refractivity contribution in [1.82, 2.24) is 0 Å². The second-order valence-electron chi connectivity index (χ2n) is 3.36. The molecule has 1 amide bonds. The van der Waals surface area contributed by atoms with Crippen LogP contribution in [-0.2, 0) is 4.79 Å². The third-order valence-corrected chi connectivity index (χ3v) is 2.10. The number of aromatic hydroxyl groups is 1. The second-order valence-corrected chi connectivity index (χ2v) is 3.36. The molecule has 5 nitrogen and oxygen atoms in total. The number of phenols is 1. The van der Waals surface area contributed by atoms with Crippen LogP contribution in [0.1, 0.15) is 18.1 Å². The number of aliphatic hydroxyl groups is 2. The minimum atomic E-state index is -1.61. The van der Waals surface area contributed by atoms with E-state index in [1.807, 2.05) is 0 Å². The van der Waals surface area contributed by atoms with E-state index in [2.05, 4.69) is 0 Å². The summed E-state index contributed by atoms with van der Waals surface area (Å²) in [4.78, 5) is 10.5. The monoisotopic (exact) mass is 229 g/mol. The predicted octanol–water partition coefficient (Wildman–Crippen LogP) is -0.199. The number of nitrogens with two attached hydrogens (primary N) is 1. The Hall–Kier alpha value is -1.66. The molecule has 0 aliphatic heterocycles. The van der Waals surface area contributed by atoms with E-state index in [0.717, 1.165) is 6.07 Å². The number of halogens is 1. The van der Waals surface area contributed by atoms with Crippen LogP contribution in [0.2, 0.25) is 0 Å². The van der Waals surface area contributed by atoms with E-state index in [9.17, 15) is 19.4 Å². The number of hydrogen-bond acceptors (Lipinski definition) is 4. The molecular weight excluding hydrogens is 217 g/mol. The Morgan fingerprint density at radius 1 is 1.44 bits per heavy atom. The smallest absolute Gasteiger partial charge is 0.220 e. The van der Waals surface area contributed by atoms with E-state index >= 15 is 0 Å². The summed E-state index contributed by atoms with van der Waals surface area (Å²) in [6.45, 7) is 0. The van der Waals surface area contributed by atoms with Crippen LogP contribution in [-0.4, -0.2) is 27.3 Å². The zero-order chi connectivity index (χ0) is 12.3. The van der Waals surface area contributed by atoms with Gasteiger partial charge >= 0.3 is 0 Å². The molecule has 0 saturated heterocycles. The SMILES string of the molecule is NC(=O)CC(O)C(O)c1cccc(O)c1F. The lowest BCUT2D eigenvalue weighted by molar-refractivity contribution is -0.121. The summed E-state index contributed by atoms with van der Waals surface area (Å²) >= 11 is 0. The molecule has 0 bridgehead atoms. The molecule has 1 rings (SSSR count). The van der Waals surface area contributed by atoms with Crippen LogP contribution >= 0.6 is 0 Å². The Bertz CT molecular complexity index is 396. The number of carbonyl (C=O) groups excluding carboxylic acids is 1. The van der Waals surface area contributed by atoms with E-state index in [0.29, 0.717) is 0 Å². The number of rotatable bonds is 4. The molecule has 0 radical (unpaired) electrons. The highest BCUT2D eigenvalue weighted by Gasteiger charge is 2.24. The standard InChI is InChI=1S/C10H12FNO4/c11-9-5(2-1-3-6(9)13)10(16)7(14)4-8(12)15/h1-3,7,10,13-14,16H,4H2,(H2,12,15). The number of carbonyl (C=O) groups is 1. The van der Waals surface area contributed by atoms with Crippen molar-refractivity contribution in [3.8, 4) is 5.75 Å². The number of hydrogen-bond donors (Lipinski definition) is 4. The Morgan fingerprint density at radius 2 is 2.06 bits per heavy atom. The van der Waals surface area contributed by atoms with Crippen molar-refractivity contribution >= 4 is 5.91 Å². The van der Waals surface area contributed by atoms with E-state index in [1.54, 1.807) is 0 Å². The van der Waals surface area contributed by atoms with Crippen molar-refractivity contribution in [1.29, 1.82) is 0 Å². The lowest BCUT2D eigenvalue weighted by atomic mass is 10.0. The maximum Gasteiger partial charge on any atom is 0.220 e. The van der Waals surface area contributed by atoms with Crippen LogP contribution in [0.3, 0.4) is 0 Å². The van der Waals surface area contributed by atoms with Gasteiger partial charge in [-0.1, -0.05) is 12.1 Å². The predicted molar refractivity (Wildman–Crippen MR) is 52.8 cm³/mol. The molecule has 0 aliphatic carbocycles. The lowest BCUT2D eigenvalue weighted by Gasteiger charge is -2.17. The first-order valence-electron chi connectivity index (χ1n) is 4.55. The van der Waals surface area contributed by atoms with Crippen LogP contribution in [0.25, 0.3) is 0 Å². The van der Waals surface area contributed by atoms with Crippen LogP contribution in [0.5, 0.6) is 5.75 Å². The van der Waals surface area contributed by atoms with Gasteiger partial charge in [0.2, 0.25) is 5.91 Å². The van der Waals surface area contributed by atoms with Gasteiger partial charge in [-0.25, -0.2) is 4.39 Å². The normalized spacial score (nSPS) is 14.4. The van der Waals surface area contributed by atoms with Crippen molar-refractivity contribution in [2.75, 3.05) is 0 Å². The molecule has 88 valence electrons. The number of benzene rings is 1. The average molecular weight is 229 g/mol. The second kappa shape index (κ2) is 4.91. The minimum Gasteiger partial charge on any atom is -0.505 e. The summed E-state index contributed by atoms with van der Waals surface area (Å²) in [5, 5.41) is 27.9. The minimum absolute atomic E-state index is 0.284. The fourth-order valence-corrected chi connectivity index (χ4v) is 1.29. The molecule has 5 N–H and O–H groups in total. The van der Waals surface area contributed by atoms with Crippen LogP contribution in [0, 0.1) is 5.82 Å². The third-order valence-electron chi connectivity index (χ3n) is 2.10. The summed E-state index contributed by atoms with van der Waals surface area (Å²) < 4.78 is 13.3. The highest BCUT2D eigenvalue weighted by Crippen LogP contribution is 2.26.